The monoisotopic (exact) mass is 225 g/mol. The molecule has 0 aromatic carbocycles. The van der Waals surface area contributed by atoms with E-state index in [1.807, 2.05) is 6.92 Å². The summed E-state index contributed by atoms with van der Waals surface area (Å²) in [7, 11) is 0. The molecule has 1 aliphatic carbocycles. The zero-order valence-electron chi connectivity index (χ0n) is 8.94. The predicted octanol–water partition coefficient (Wildman–Crippen LogP) is 2.34. The fourth-order valence-corrected chi connectivity index (χ4v) is 1.49. The summed E-state index contributed by atoms with van der Waals surface area (Å²) in [6, 6.07) is 0.104. The molecule has 0 aromatic rings. The van der Waals surface area contributed by atoms with Crippen molar-refractivity contribution in [2.24, 2.45) is 5.92 Å². The fraction of sp³-hybridized carbons (Fsp3) is 1.00. The van der Waals surface area contributed by atoms with Gasteiger partial charge in [-0.25, -0.2) is 0 Å². The zero-order chi connectivity index (χ0) is 11.3. The molecule has 15 heavy (non-hydrogen) atoms. The molecule has 0 saturated heterocycles. The predicted molar refractivity (Wildman–Crippen MR) is 51.7 cm³/mol. The Hall–Kier alpha value is -0.290. The molecule has 1 N–H and O–H groups in total. The number of rotatable bonds is 7. The van der Waals surface area contributed by atoms with Crippen LogP contribution in [0.2, 0.25) is 0 Å². The van der Waals surface area contributed by atoms with E-state index in [1.165, 1.54) is 0 Å². The second kappa shape index (κ2) is 5.70. The third-order valence-electron chi connectivity index (χ3n) is 2.41. The van der Waals surface area contributed by atoms with Gasteiger partial charge in [0.1, 0.15) is 6.61 Å². The Morgan fingerprint density at radius 3 is 2.53 bits per heavy atom. The minimum Gasteiger partial charge on any atom is -0.370 e. The van der Waals surface area contributed by atoms with Gasteiger partial charge < -0.3 is 10.1 Å². The minimum absolute atomic E-state index is 0.104. The Kier molecular flexibility index (Phi) is 4.86. The maximum Gasteiger partial charge on any atom is 0.411 e. The van der Waals surface area contributed by atoms with E-state index in [-0.39, 0.29) is 12.6 Å². The Bertz CT molecular complexity index is 180. The maximum atomic E-state index is 11.8. The average Bonchev–Trinajstić information content (AvgIpc) is 2.92. The van der Waals surface area contributed by atoms with Crippen molar-refractivity contribution in [3.63, 3.8) is 0 Å². The van der Waals surface area contributed by atoms with Crippen LogP contribution in [-0.2, 0) is 4.74 Å². The maximum absolute atomic E-state index is 11.8. The number of nitrogens with one attached hydrogen (secondary N) is 1. The average molecular weight is 225 g/mol. The Morgan fingerprint density at radius 2 is 2.07 bits per heavy atom. The highest BCUT2D eigenvalue weighted by atomic mass is 19.4. The lowest BCUT2D eigenvalue weighted by molar-refractivity contribution is -0.175. The third kappa shape index (κ3) is 5.99. The van der Waals surface area contributed by atoms with Gasteiger partial charge in [-0.1, -0.05) is 6.92 Å². The quantitative estimate of drug-likeness (QED) is 0.718. The number of halogens is 3. The summed E-state index contributed by atoms with van der Waals surface area (Å²) in [5, 5.41) is 3.23. The number of hydrogen-bond acceptors (Lipinski definition) is 2. The number of ether oxygens (including phenoxy) is 1. The fourth-order valence-electron chi connectivity index (χ4n) is 1.49. The topological polar surface area (TPSA) is 21.3 Å². The SMILES string of the molecule is CCCNC(COCC(F)(F)F)C1CC1. The van der Waals surface area contributed by atoms with Crippen LogP contribution < -0.4 is 5.32 Å². The largest absolute Gasteiger partial charge is 0.411 e. The van der Waals surface area contributed by atoms with Crippen molar-refractivity contribution < 1.29 is 17.9 Å². The molecule has 2 nitrogen and oxygen atoms in total. The first-order valence-electron chi connectivity index (χ1n) is 5.41. The smallest absolute Gasteiger partial charge is 0.370 e. The van der Waals surface area contributed by atoms with E-state index < -0.39 is 12.8 Å². The van der Waals surface area contributed by atoms with Crippen LogP contribution in [0.3, 0.4) is 0 Å². The molecule has 1 saturated carbocycles. The molecule has 0 aromatic heterocycles. The van der Waals surface area contributed by atoms with E-state index in [9.17, 15) is 13.2 Å². The first-order chi connectivity index (χ1) is 7.03. The van der Waals surface area contributed by atoms with Gasteiger partial charge in [-0.2, -0.15) is 13.2 Å². The van der Waals surface area contributed by atoms with E-state index in [4.69, 9.17) is 0 Å². The van der Waals surface area contributed by atoms with Crippen LogP contribution in [0.5, 0.6) is 0 Å². The van der Waals surface area contributed by atoms with Crippen molar-refractivity contribution in [1.82, 2.24) is 5.32 Å². The van der Waals surface area contributed by atoms with E-state index in [0.29, 0.717) is 5.92 Å². The number of alkyl halides is 3. The molecule has 90 valence electrons. The summed E-state index contributed by atoms with van der Waals surface area (Å²) in [6.45, 7) is 1.91. The van der Waals surface area contributed by atoms with Crippen LogP contribution in [0.15, 0.2) is 0 Å². The highest BCUT2D eigenvalue weighted by Crippen LogP contribution is 2.32. The molecule has 0 radical (unpaired) electrons. The zero-order valence-corrected chi connectivity index (χ0v) is 8.94. The van der Waals surface area contributed by atoms with Gasteiger partial charge in [0.25, 0.3) is 0 Å². The van der Waals surface area contributed by atoms with Crippen LogP contribution in [-0.4, -0.2) is 32.0 Å². The third-order valence-corrected chi connectivity index (χ3v) is 2.41. The molecule has 5 heteroatoms. The van der Waals surface area contributed by atoms with Crippen LogP contribution in [0, 0.1) is 5.92 Å². The molecule has 0 heterocycles. The Labute approximate surface area is 88.2 Å². The first-order valence-corrected chi connectivity index (χ1v) is 5.41. The molecular weight excluding hydrogens is 207 g/mol. The lowest BCUT2D eigenvalue weighted by Gasteiger charge is -2.18. The lowest BCUT2D eigenvalue weighted by atomic mass is 10.2. The molecule has 1 aliphatic rings. The Balaban J connectivity index is 2.14. The van der Waals surface area contributed by atoms with Gasteiger partial charge in [-0.05, 0) is 31.7 Å². The van der Waals surface area contributed by atoms with Crippen molar-refractivity contribution in [1.29, 1.82) is 0 Å². The molecule has 0 bridgehead atoms. The standard InChI is InChI=1S/C10H18F3NO/c1-2-5-14-9(8-3-4-8)6-15-7-10(11,12)13/h8-9,14H,2-7H2,1H3. The van der Waals surface area contributed by atoms with Crippen molar-refractivity contribution in [2.45, 2.75) is 38.4 Å². The highest BCUT2D eigenvalue weighted by molar-refractivity contribution is 4.86. The van der Waals surface area contributed by atoms with Crippen molar-refractivity contribution in [3.05, 3.63) is 0 Å². The summed E-state index contributed by atoms with van der Waals surface area (Å²) in [5.74, 6) is 0.518. The van der Waals surface area contributed by atoms with Crippen molar-refractivity contribution in [2.75, 3.05) is 19.8 Å². The summed E-state index contributed by atoms with van der Waals surface area (Å²) < 4.78 is 40.2. The summed E-state index contributed by atoms with van der Waals surface area (Å²) in [6.07, 6.45) is -1.01. The van der Waals surface area contributed by atoms with E-state index in [1.54, 1.807) is 0 Å². The van der Waals surface area contributed by atoms with Gasteiger partial charge in [-0.15, -0.1) is 0 Å². The molecule has 1 atom stereocenters. The summed E-state index contributed by atoms with van der Waals surface area (Å²) in [4.78, 5) is 0. The molecular formula is C10H18F3NO. The molecule has 1 fully saturated rings. The van der Waals surface area contributed by atoms with Crippen LogP contribution in [0.25, 0.3) is 0 Å². The Morgan fingerprint density at radius 1 is 1.40 bits per heavy atom. The minimum atomic E-state index is -4.21. The van der Waals surface area contributed by atoms with Gasteiger partial charge in [0, 0.05) is 6.04 Å². The second-order valence-corrected chi connectivity index (χ2v) is 4.03. The van der Waals surface area contributed by atoms with E-state index in [0.717, 1.165) is 25.8 Å². The van der Waals surface area contributed by atoms with Crippen molar-refractivity contribution >= 4 is 0 Å². The molecule has 0 spiro atoms. The lowest BCUT2D eigenvalue weighted by Crippen LogP contribution is -2.37. The molecule has 0 amide bonds. The van der Waals surface area contributed by atoms with Gasteiger partial charge in [0.2, 0.25) is 0 Å². The van der Waals surface area contributed by atoms with Crippen LogP contribution in [0.1, 0.15) is 26.2 Å². The van der Waals surface area contributed by atoms with Gasteiger partial charge in [0.05, 0.1) is 6.61 Å². The molecule has 1 unspecified atom stereocenters. The van der Waals surface area contributed by atoms with Crippen LogP contribution >= 0.6 is 0 Å². The normalized spacial score (nSPS) is 19.2. The molecule has 1 rings (SSSR count). The van der Waals surface area contributed by atoms with E-state index in [2.05, 4.69) is 10.1 Å². The van der Waals surface area contributed by atoms with Gasteiger partial charge >= 0.3 is 6.18 Å². The van der Waals surface area contributed by atoms with Gasteiger partial charge in [0.15, 0.2) is 0 Å². The van der Waals surface area contributed by atoms with Crippen LogP contribution in [0.4, 0.5) is 13.2 Å². The first kappa shape index (κ1) is 12.8. The summed E-state index contributed by atoms with van der Waals surface area (Å²) >= 11 is 0. The summed E-state index contributed by atoms with van der Waals surface area (Å²) in [5.41, 5.74) is 0. The number of hydrogen-bond donors (Lipinski definition) is 1. The molecule has 0 aliphatic heterocycles. The van der Waals surface area contributed by atoms with E-state index >= 15 is 0 Å². The second-order valence-electron chi connectivity index (χ2n) is 4.03. The van der Waals surface area contributed by atoms with Crippen molar-refractivity contribution in [3.8, 4) is 0 Å². The highest BCUT2D eigenvalue weighted by Gasteiger charge is 2.33. The van der Waals surface area contributed by atoms with Gasteiger partial charge in [-0.3, -0.25) is 0 Å².